The highest BCUT2D eigenvalue weighted by Crippen LogP contribution is 2.29. The Morgan fingerprint density at radius 2 is 1.08 bits per heavy atom. The Kier molecular flexibility index (Phi) is 7.95. The van der Waals surface area contributed by atoms with Gasteiger partial charge in [0.25, 0.3) is 0 Å². The summed E-state index contributed by atoms with van der Waals surface area (Å²) in [4.78, 5) is 2.35. The maximum atomic E-state index is 4.89. The molecule has 3 heteroatoms. The van der Waals surface area contributed by atoms with E-state index < -0.39 is 0 Å². The molecule has 0 aliphatic rings. The van der Waals surface area contributed by atoms with Crippen LogP contribution in [0.25, 0.3) is 22.9 Å². The van der Waals surface area contributed by atoms with Gasteiger partial charge in [-0.15, -0.1) is 0 Å². The Bertz CT molecular complexity index is 1510. The van der Waals surface area contributed by atoms with Gasteiger partial charge in [0.2, 0.25) is 0 Å². The second-order valence-corrected chi connectivity index (χ2v) is 9.19. The van der Waals surface area contributed by atoms with E-state index in [1.165, 1.54) is 22.0 Å². The molecule has 5 rings (SSSR count). The van der Waals surface area contributed by atoms with E-state index in [4.69, 9.17) is 5.10 Å². The molecule has 0 saturated heterocycles. The third-order valence-electron chi connectivity index (χ3n) is 6.73. The van der Waals surface area contributed by atoms with Crippen molar-refractivity contribution in [2.45, 2.75) is 13.8 Å². The molecule has 5 aromatic rings. The molecule has 0 radical (unpaired) electrons. The van der Waals surface area contributed by atoms with Crippen LogP contribution in [-0.2, 0) is 0 Å². The molecule has 0 aliphatic heterocycles. The molecule has 0 N–H and O–H groups in total. The average Bonchev–Trinajstić information content (AvgIpc) is 2.98. The van der Waals surface area contributed by atoms with Crippen LogP contribution in [0.1, 0.15) is 30.5 Å². The molecule has 0 saturated carbocycles. The van der Waals surface area contributed by atoms with E-state index in [1.807, 2.05) is 29.4 Å². The van der Waals surface area contributed by atoms with Crippen LogP contribution in [0.2, 0.25) is 0 Å². The normalized spacial score (nSPS) is 11.4. The third kappa shape index (κ3) is 6.01. The van der Waals surface area contributed by atoms with Crippen LogP contribution >= 0.6 is 0 Å². The molecule has 0 aliphatic carbocycles. The lowest BCUT2D eigenvalue weighted by Gasteiger charge is -2.20. The summed E-state index contributed by atoms with van der Waals surface area (Å²) < 4.78 is 0. The van der Waals surface area contributed by atoms with E-state index in [9.17, 15) is 0 Å². The first kappa shape index (κ1) is 25.0. The molecule has 0 aromatic heterocycles. The highest BCUT2D eigenvalue weighted by Gasteiger charge is 2.08. The molecule has 0 amide bonds. The van der Waals surface area contributed by atoms with Crippen molar-refractivity contribution in [1.82, 2.24) is 0 Å². The molecule has 3 nitrogen and oxygen atoms in total. The molecular formula is C35H33N3. The second kappa shape index (κ2) is 12.1. The largest absolute Gasteiger partial charge is 0.372 e. The van der Waals surface area contributed by atoms with Crippen LogP contribution in [0.3, 0.4) is 0 Å². The number of rotatable bonds is 9. The van der Waals surface area contributed by atoms with Gasteiger partial charge in [0.15, 0.2) is 0 Å². The highest BCUT2D eigenvalue weighted by molar-refractivity contribution is 5.88. The van der Waals surface area contributed by atoms with Crippen molar-refractivity contribution in [2.24, 2.45) is 5.10 Å². The predicted octanol–water partition coefficient (Wildman–Crippen LogP) is 9.03. The summed E-state index contributed by atoms with van der Waals surface area (Å²) in [5.74, 6) is 0. The van der Waals surface area contributed by atoms with Crippen LogP contribution < -0.4 is 9.91 Å². The molecular weight excluding hydrogens is 462 g/mol. The van der Waals surface area contributed by atoms with Crippen molar-refractivity contribution in [3.63, 3.8) is 0 Å². The molecule has 0 unspecified atom stereocenters. The van der Waals surface area contributed by atoms with Crippen molar-refractivity contribution in [3.05, 3.63) is 138 Å². The highest BCUT2D eigenvalue weighted by atomic mass is 15.5. The van der Waals surface area contributed by atoms with E-state index in [2.05, 4.69) is 134 Å². The summed E-state index contributed by atoms with van der Waals surface area (Å²) in [6, 6.07) is 42.3. The molecule has 0 spiro atoms. The van der Waals surface area contributed by atoms with E-state index in [1.54, 1.807) is 0 Å². The first-order valence-electron chi connectivity index (χ1n) is 13.2. The van der Waals surface area contributed by atoms with Crippen molar-refractivity contribution in [2.75, 3.05) is 23.0 Å². The Morgan fingerprint density at radius 3 is 1.74 bits per heavy atom. The Hall–Kier alpha value is -4.63. The SMILES string of the molecule is CCN(CC)c1ccc(/C=C/c2ccc(/C=N\N(c3ccccc3)c3ccc4ccccc4c3)cc2)cc1. The van der Waals surface area contributed by atoms with Crippen LogP contribution in [-0.4, -0.2) is 19.3 Å². The maximum Gasteiger partial charge on any atom is 0.0659 e. The van der Waals surface area contributed by atoms with Crippen LogP contribution in [0.4, 0.5) is 17.1 Å². The van der Waals surface area contributed by atoms with E-state index in [0.717, 1.165) is 35.6 Å². The van der Waals surface area contributed by atoms with E-state index >= 15 is 0 Å². The number of fused-ring (bicyclic) bond motifs is 1. The maximum absolute atomic E-state index is 4.89. The van der Waals surface area contributed by atoms with E-state index in [-0.39, 0.29) is 0 Å². The van der Waals surface area contributed by atoms with Gasteiger partial charge in [-0.1, -0.05) is 97.1 Å². The number of nitrogens with zero attached hydrogens (tertiary/aromatic N) is 3. The average molecular weight is 496 g/mol. The number of para-hydroxylation sites is 1. The number of benzene rings is 5. The number of anilines is 3. The lowest BCUT2D eigenvalue weighted by atomic mass is 10.1. The molecule has 0 bridgehead atoms. The fourth-order valence-electron chi connectivity index (χ4n) is 4.56. The van der Waals surface area contributed by atoms with Gasteiger partial charge in [0.1, 0.15) is 0 Å². The smallest absolute Gasteiger partial charge is 0.0659 e. The topological polar surface area (TPSA) is 18.8 Å². The van der Waals surface area contributed by atoms with Crippen molar-refractivity contribution in [3.8, 4) is 0 Å². The summed E-state index contributed by atoms with van der Waals surface area (Å²) in [6.45, 7) is 6.42. The van der Waals surface area contributed by atoms with Gasteiger partial charge in [0.05, 0.1) is 17.6 Å². The monoisotopic (exact) mass is 495 g/mol. The predicted molar refractivity (Wildman–Crippen MR) is 165 cm³/mol. The molecule has 188 valence electrons. The van der Waals surface area contributed by atoms with Gasteiger partial charge in [0, 0.05) is 18.8 Å². The fraction of sp³-hybridized carbons (Fsp3) is 0.114. The Morgan fingerprint density at radius 1 is 0.526 bits per heavy atom. The third-order valence-corrected chi connectivity index (χ3v) is 6.73. The molecule has 5 aromatic carbocycles. The van der Waals surface area contributed by atoms with Crippen molar-refractivity contribution in [1.29, 1.82) is 0 Å². The lowest BCUT2D eigenvalue weighted by Crippen LogP contribution is -2.21. The molecule has 0 fully saturated rings. The zero-order valence-corrected chi connectivity index (χ0v) is 22.0. The Labute approximate surface area is 226 Å². The van der Waals surface area contributed by atoms with Gasteiger partial charge >= 0.3 is 0 Å². The molecule has 0 heterocycles. The van der Waals surface area contributed by atoms with Gasteiger partial charge in [-0.3, -0.25) is 0 Å². The van der Waals surface area contributed by atoms with Gasteiger partial charge in [-0.05, 0) is 77.7 Å². The quantitative estimate of drug-likeness (QED) is 0.115. The summed E-state index contributed by atoms with van der Waals surface area (Å²) in [6.07, 6.45) is 6.23. The van der Waals surface area contributed by atoms with Gasteiger partial charge < -0.3 is 4.90 Å². The zero-order valence-electron chi connectivity index (χ0n) is 22.0. The first-order chi connectivity index (χ1) is 18.7. The second-order valence-electron chi connectivity index (χ2n) is 9.19. The van der Waals surface area contributed by atoms with Crippen LogP contribution in [0, 0.1) is 0 Å². The van der Waals surface area contributed by atoms with Gasteiger partial charge in [-0.2, -0.15) is 5.10 Å². The summed E-state index contributed by atoms with van der Waals surface area (Å²) in [5, 5.41) is 9.29. The fourth-order valence-corrected chi connectivity index (χ4v) is 4.56. The first-order valence-corrected chi connectivity index (χ1v) is 13.2. The Balaban J connectivity index is 1.33. The van der Waals surface area contributed by atoms with E-state index in [0.29, 0.717) is 0 Å². The van der Waals surface area contributed by atoms with Crippen LogP contribution in [0.5, 0.6) is 0 Å². The number of hydrogen-bond donors (Lipinski definition) is 0. The summed E-state index contributed by atoms with van der Waals surface area (Å²) >= 11 is 0. The standard InChI is InChI=1S/C35H33N3/c1-3-37(4-2)33-23-20-29(21-24-33)15-14-28-16-18-30(19-17-28)27-36-38(34-12-6-5-7-13-34)35-25-22-31-10-8-9-11-32(31)26-35/h5-27H,3-4H2,1-2H3/b15-14+,36-27-. The molecule has 38 heavy (non-hydrogen) atoms. The number of hydrogen-bond acceptors (Lipinski definition) is 3. The zero-order chi connectivity index (χ0) is 26.2. The van der Waals surface area contributed by atoms with Gasteiger partial charge in [-0.25, -0.2) is 5.01 Å². The lowest BCUT2D eigenvalue weighted by molar-refractivity contribution is 0.866. The summed E-state index contributed by atoms with van der Waals surface area (Å²) in [5.41, 5.74) is 6.71. The summed E-state index contributed by atoms with van der Waals surface area (Å²) in [7, 11) is 0. The van der Waals surface area contributed by atoms with Crippen molar-refractivity contribution >= 4 is 46.2 Å². The van der Waals surface area contributed by atoms with Crippen LogP contribution in [0.15, 0.2) is 126 Å². The minimum absolute atomic E-state index is 1.02. The molecule has 0 atom stereocenters. The minimum Gasteiger partial charge on any atom is -0.372 e. The van der Waals surface area contributed by atoms with Crippen molar-refractivity contribution < 1.29 is 0 Å². The number of hydrazone groups is 1. The minimum atomic E-state index is 1.02.